The van der Waals surface area contributed by atoms with Crippen molar-refractivity contribution >= 4 is 23.5 Å². The molecule has 1 aliphatic carbocycles. The van der Waals surface area contributed by atoms with Gasteiger partial charge in [0.2, 0.25) is 0 Å². The number of rotatable bonds is 7. The fourth-order valence-electron chi connectivity index (χ4n) is 2.79. The van der Waals surface area contributed by atoms with Crippen LogP contribution in [0.1, 0.15) is 57.9 Å². The van der Waals surface area contributed by atoms with Gasteiger partial charge >= 0.3 is 11.7 Å². The lowest BCUT2D eigenvalue weighted by molar-refractivity contribution is 0.0525. The van der Waals surface area contributed by atoms with E-state index >= 15 is 0 Å². The molecule has 0 aromatic carbocycles. The molecule has 0 amide bonds. The van der Waals surface area contributed by atoms with E-state index in [1.807, 2.05) is 0 Å². The molecule has 0 aliphatic heterocycles. The third-order valence-corrected chi connectivity index (χ3v) is 5.07. The van der Waals surface area contributed by atoms with Gasteiger partial charge in [-0.3, -0.25) is 9.36 Å². The fourth-order valence-corrected chi connectivity index (χ4v) is 3.67. The summed E-state index contributed by atoms with van der Waals surface area (Å²) in [4.78, 5) is 39.3. The highest BCUT2D eigenvalue weighted by Crippen LogP contribution is 2.36. The van der Waals surface area contributed by atoms with Crippen molar-refractivity contribution in [3.05, 3.63) is 33.0 Å². The van der Waals surface area contributed by atoms with Gasteiger partial charge < -0.3 is 9.72 Å². The van der Waals surface area contributed by atoms with E-state index in [9.17, 15) is 14.4 Å². The summed E-state index contributed by atoms with van der Waals surface area (Å²) < 4.78 is 6.64. The molecular formula is C16H20N4O4S. The minimum atomic E-state index is -0.435. The molecule has 134 valence electrons. The van der Waals surface area contributed by atoms with Crippen molar-refractivity contribution in [2.45, 2.75) is 44.8 Å². The third-order valence-electron chi connectivity index (χ3n) is 4.11. The molecule has 8 nitrogen and oxygen atoms in total. The number of nitrogens with zero attached hydrogens (tertiary/aromatic N) is 2. The van der Waals surface area contributed by atoms with E-state index in [1.165, 1.54) is 11.8 Å². The number of nitrogens with one attached hydrogen (secondary N) is 2. The second-order valence-corrected chi connectivity index (χ2v) is 6.91. The van der Waals surface area contributed by atoms with Crippen LogP contribution in [0.3, 0.4) is 0 Å². The average Bonchev–Trinajstić information content (AvgIpc) is 3.26. The first-order valence-corrected chi connectivity index (χ1v) is 9.11. The molecule has 2 aromatic heterocycles. The van der Waals surface area contributed by atoms with Crippen LogP contribution in [-0.2, 0) is 4.74 Å². The van der Waals surface area contributed by atoms with E-state index in [4.69, 9.17) is 4.74 Å². The Labute approximate surface area is 148 Å². The van der Waals surface area contributed by atoms with Crippen molar-refractivity contribution in [3.8, 4) is 0 Å². The third kappa shape index (κ3) is 3.41. The standard InChI is InChI=1S/C16H20N4O4S/c1-4-24-14(22)12-8(2)13(17-9(12)3)11(21)7-25-16-19-18-15(23)20(16)10-5-6-10/h10,17H,4-7H2,1-3H3,(H,18,23). The lowest BCUT2D eigenvalue weighted by atomic mass is 10.1. The highest BCUT2D eigenvalue weighted by molar-refractivity contribution is 7.99. The smallest absolute Gasteiger partial charge is 0.344 e. The van der Waals surface area contributed by atoms with E-state index in [0.29, 0.717) is 27.7 Å². The number of carbonyl (C=O) groups is 2. The maximum Gasteiger partial charge on any atom is 0.344 e. The molecule has 0 atom stereocenters. The number of ether oxygens (including phenoxy) is 1. The van der Waals surface area contributed by atoms with Gasteiger partial charge in [0.25, 0.3) is 0 Å². The van der Waals surface area contributed by atoms with Gasteiger partial charge in [0, 0.05) is 11.7 Å². The van der Waals surface area contributed by atoms with Crippen LogP contribution in [0.15, 0.2) is 9.95 Å². The lowest BCUT2D eigenvalue weighted by Crippen LogP contribution is -2.16. The first-order valence-electron chi connectivity index (χ1n) is 8.13. The summed E-state index contributed by atoms with van der Waals surface area (Å²) in [6, 6.07) is 0.189. The minimum absolute atomic E-state index is 0.125. The molecule has 1 saturated carbocycles. The zero-order chi connectivity index (χ0) is 18.1. The number of hydrogen-bond donors (Lipinski definition) is 2. The SMILES string of the molecule is CCOC(=O)c1c(C)[nH]c(C(=O)CSc2n[nH]c(=O)n2C2CC2)c1C. The van der Waals surface area contributed by atoms with Crippen molar-refractivity contribution in [1.82, 2.24) is 19.7 Å². The first kappa shape index (κ1) is 17.5. The molecule has 2 heterocycles. The summed E-state index contributed by atoms with van der Waals surface area (Å²) in [5.41, 5.74) is 1.75. The number of hydrogen-bond acceptors (Lipinski definition) is 6. The Morgan fingerprint density at radius 3 is 2.72 bits per heavy atom. The van der Waals surface area contributed by atoms with Gasteiger partial charge in [0.15, 0.2) is 10.9 Å². The number of aromatic nitrogens is 4. The van der Waals surface area contributed by atoms with Gasteiger partial charge in [-0.25, -0.2) is 14.7 Å². The lowest BCUT2D eigenvalue weighted by Gasteiger charge is -2.04. The quantitative estimate of drug-likeness (QED) is 0.442. The maximum absolute atomic E-state index is 12.6. The molecule has 0 unspecified atom stereocenters. The highest BCUT2D eigenvalue weighted by Gasteiger charge is 2.29. The number of esters is 1. The Morgan fingerprint density at radius 1 is 1.36 bits per heavy atom. The molecule has 2 aromatic rings. The summed E-state index contributed by atoms with van der Waals surface area (Å²) in [7, 11) is 0. The van der Waals surface area contributed by atoms with Crippen LogP contribution in [-0.4, -0.2) is 43.9 Å². The zero-order valence-electron chi connectivity index (χ0n) is 14.3. The van der Waals surface area contributed by atoms with Gasteiger partial charge in [-0.05, 0) is 39.2 Å². The maximum atomic E-state index is 12.6. The molecule has 9 heteroatoms. The summed E-state index contributed by atoms with van der Waals surface area (Å²) in [6.45, 7) is 5.48. The second-order valence-electron chi connectivity index (χ2n) is 5.97. The monoisotopic (exact) mass is 364 g/mol. The fraction of sp³-hybridized carbons (Fsp3) is 0.500. The Bertz CT molecular complexity index is 875. The molecule has 3 rings (SSSR count). The summed E-state index contributed by atoms with van der Waals surface area (Å²) >= 11 is 1.22. The van der Waals surface area contributed by atoms with Crippen LogP contribution in [0.4, 0.5) is 0 Å². The molecule has 0 saturated heterocycles. The van der Waals surface area contributed by atoms with Crippen molar-refractivity contribution in [2.24, 2.45) is 0 Å². The molecule has 1 fully saturated rings. The Balaban J connectivity index is 1.75. The van der Waals surface area contributed by atoms with Crippen LogP contribution >= 0.6 is 11.8 Å². The van der Waals surface area contributed by atoms with E-state index in [-0.39, 0.29) is 29.9 Å². The van der Waals surface area contributed by atoms with E-state index < -0.39 is 5.97 Å². The molecule has 0 spiro atoms. The predicted octanol–water partition coefficient (Wildman–Crippen LogP) is 2.00. The normalized spacial score (nSPS) is 13.9. The van der Waals surface area contributed by atoms with Gasteiger partial charge in [-0.1, -0.05) is 11.8 Å². The molecule has 25 heavy (non-hydrogen) atoms. The molecule has 1 aliphatic rings. The number of Topliss-reactive ketones (excluding diaryl/α,β-unsaturated/α-hetero) is 1. The number of aryl methyl sites for hydroxylation is 1. The Kier molecular flexibility index (Phi) is 4.85. The zero-order valence-corrected chi connectivity index (χ0v) is 15.2. The molecule has 0 radical (unpaired) electrons. The Hall–Kier alpha value is -2.29. The van der Waals surface area contributed by atoms with Crippen LogP contribution in [0.5, 0.6) is 0 Å². The average molecular weight is 364 g/mol. The summed E-state index contributed by atoms with van der Waals surface area (Å²) in [5.74, 6) is -0.464. The topological polar surface area (TPSA) is 110 Å². The number of carbonyl (C=O) groups excluding carboxylic acids is 2. The second kappa shape index (κ2) is 6.91. The number of ketones is 1. The highest BCUT2D eigenvalue weighted by atomic mass is 32.2. The van der Waals surface area contributed by atoms with Gasteiger partial charge in [-0.15, -0.1) is 5.10 Å². The minimum Gasteiger partial charge on any atom is -0.462 e. The summed E-state index contributed by atoms with van der Waals surface area (Å²) in [5, 5.41) is 6.94. The predicted molar refractivity (Wildman–Crippen MR) is 92.4 cm³/mol. The largest absolute Gasteiger partial charge is 0.462 e. The van der Waals surface area contributed by atoms with E-state index in [0.717, 1.165) is 12.8 Å². The van der Waals surface area contributed by atoms with Crippen LogP contribution in [0.2, 0.25) is 0 Å². The molecular weight excluding hydrogens is 344 g/mol. The van der Waals surface area contributed by atoms with Crippen molar-refractivity contribution in [1.29, 1.82) is 0 Å². The van der Waals surface area contributed by atoms with Crippen LogP contribution in [0.25, 0.3) is 0 Å². The van der Waals surface area contributed by atoms with Crippen molar-refractivity contribution in [3.63, 3.8) is 0 Å². The van der Waals surface area contributed by atoms with Gasteiger partial charge in [0.1, 0.15) is 0 Å². The van der Waals surface area contributed by atoms with Crippen molar-refractivity contribution < 1.29 is 14.3 Å². The number of thioether (sulfide) groups is 1. The number of H-pyrrole nitrogens is 2. The molecule has 0 bridgehead atoms. The summed E-state index contributed by atoms with van der Waals surface area (Å²) in [6.07, 6.45) is 1.91. The van der Waals surface area contributed by atoms with Gasteiger partial charge in [-0.2, -0.15) is 0 Å². The van der Waals surface area contributed by atoms with E-state index in [1.54, 1.807) is 25.3 Å². The van der Waals surface area contributed by atoms with Gasteiger partial charge in [0.05, 0.1) is 23.6 Å². The van der Waals surface area contributed by atoms with E-state index in [2.05, 4.69) is 15.2 Å². The Morgan fingerprint density at radius 2 is 2.08 bits per heavy atom. The molecule has 2 N–H and O–H groups in total. The van der Waals surface area contributed by atoms with Crippen molar-refractivity contribution in [2.75, 3.05) is 12.4 Å². The number of aromatic amines is 2. The first-order chi connectivity index (χ1) is 11.9. The van der Waals surface area contributed by atoms with Crippen LogP contribution < -0.4 is 5.69 Å². The van der Waals surface area contributed by atoms with Crippen LogP contribution in [0, 0.1) is 13.8 Å².